The van der Waals surface area contributed by atoms with Gasteiger partial charge in [0, 0.05) is 17.5 Å². The highest BCUT2D eigenvalue weighted by Gasteiger charge is 2.28. The average Bonchev–Trinajstić information content (AvgIpc) is 3.10. The molecule has 1 fully saturated rings. The fraction of sp³-hybridized carbons (Fsp3) is 0.474. The van der Waals surface area contributed by atoms with E-state index in [1.54, 1.807) is 20.4 Å². The SMILES string of the molecule is COc1cc2ncc3ncn(C4CCC(CP(=O)(O)O)CC4)c3c2cc1OC. The molecule has 0 unspecified atom stereocenters. The lowest BCUT2D eigenvalue weighted by atomic mass is 9.87. The van der Waals surface area contributed by atoms with Crippen molar-refractivity contribution < 1.29 is 23.8 Å². The topological polar surface area (TPSA) is 107 Å². The summed E-state index contributed by atoms with van der Waals surface area (Å²) in [6, 6.07) is 4.04. The molecule has 0 bridgehead atoms. The molecule has 0 spiro atoms. The number of fused-ring (bicyclic) bond motifs is 3. The van der Waals surface area contributed by atoms with Crippen molar-refractivity contribution >= 4 is 29.5 Å². The first-order valence-electron chi connectivity index (χ1n) is 9.31. The van der Waals surface area contributed by atoms with Crippen molar-refractivity contribution in [1.29, 1.82) is 0 Å². The fourth-order valence-corrected chi connectivity index (χ4v) is 5.30. The molecule has 1 saturated carbocycles. The molecule has 0 radical (unpaired) electrons. The number of imidazole rings is 1. The van der Waals surface area contributed by atoms with Crippen molar-refractivity contribution in [3.63, 3.8) is 0 Å². The monoisotopic (exact) mass is 405 g/mol. The molecule has 9 heteroatoms. The maximum Gasteiger partial charge on any atom is 0.325 e. The zero-order valence-electron chi connectivity index (χ0n) is 15.9. The van der Waals surface area contributed by atoms with Crippen molar-refractivity contribution in [3.8, 4) is 11.5 Å². The molecule has 1 aliphatic carbocycles. The van der Waals surface area contributed by atoms with Gasteiger partial charge in [0.25, 0.3) is 0 Å². The molecule has 1 aromatic carbocycles. The smallest absolute Gasteiger partial charge is 0.325 e. The van der Waals surface area contributed by atoms with Crippen molar-refractivity contribution in [2.75, 3.05) is 20.4 Å². The Kier molecular flexibility index (Phi) is 5.04. The first-order chi connectivity index (χ1) is 13.4. The predicted molar refractivity (Wildman–Crippen MR) is 106 cm³/mol. The second-order valence-corrected chi connectivity index (χ2v) is 9.08. The molecule has 2 N–H and O–H groups in total. The number of methoxy groups -OCH3 is 2. The third-order valence-corrected chi connectivity index (χ3v) is 6.60. The minimum absolute atomic E-state index is 0.0196. The molecule has 0 amide bonds. The third kappa shape index (κ3) is 3.60. The van der Waals surface area contributed by atoms with Gasteiger partial charge in [0.1, 0.15) is 5.52 Å². The second-order valence-electron chi connectivity index (χ2n) is 7.39. The molecule has 1 aliphatic rings. The third-order valence-electron chi connectivity index (χ3n) is 5.61. The molecular formula is C19H24N3O5P. The molecular weight excluding hydrogens is 381 g/mol. The number of hydrogen-bond acceptors (Lipinski definition) is 5. The molecule has 28 heavy (non-hydrogen) atoms. The maximum absolute atomic E-state index is 11.3. The molecule has 0 aliphatic heterocycles. The van der Waals surface area contributed by atoms with Gasteiger partial charge in [-0.25, -0.2) is 4.98 Å². The van der Waals surface area contributed by atoms with Gasteiger partial charge in [0.2, 0.25) is 0 Å². The van der Waals surface area contributed by atoms with Crippen LogP contribution in [0.5, 0.6) is 11.5 Å². The lowest BCUT2D eigenvalue weighted by molar-refractivity contribution is 0.280. The summed E-state index contributed by atoms with van der Waals surface area (Å²) in [4.78, 5) is 27.5. The van der Waals surface area contributed by atoms with E-state index in [0.29, 0.717) is 11.5 Å². The quantitative estimate of drug-likeness (QED) is 0.626. The highest BCUT2D eigenvalue weighted by atomic mass is 31.2. The van der Waals surface area contributed by atoms with E-state index in [1.165, 1.54) is 0 Å². The van der Waals surface area contributed by atoms with Crippen LogP contribution in [0.2, 0.25) is 0 Å². The number of rotatable bonds is 5. The van der Waals surface area contributed by atoms with Crippen molar-refractivity contribution in [3.05, 3.63) is 24.7 Å². The van der Waals surface area contributed by atoms with Crippen LogP contribution >= 0.6 is 7.60 Å². The van der Waals surface area contributed by atoms with Crippen LogP contribution in [0.3, 0.4) is 0 Å². The van der Waals surface area contributed by atoms with Crippen LogP contribution in [0.4, 0.5) is 0 Å². The summed E-state index contributed by atoms with van der Waals surface area (Å²) >= 11 is 0. The summed E-state index contributed by atoms with van der Waals surface area (Å²) in [5.41, 5.74) is 2.63. The van der Waals surface area contributed by atoms with E-state index >= 15 is 0 Å². The predicted octanol–water partition coefficient (Wildman–Crippen LogP) is 3.51. The first-order valence-corrected chi connectivity index (χ1v) is 11.1. The van der Waals surface area contributed by atoms with Crippen LogP contribution in [0, 0.1) is 5.92 Å². The fourth-order valence-electron chi connectivity index (χ4n) is 4.26. The Hall–Kier alpha value is -2.15. The Morgan fingerprint density at radius 1 is 1.07 bits per heavy atom. The highest BCUT2D eigenvalue weighted by molar-refractivity contribution is 7.51. The van der Waals surface area contributed by atoms with Crippen LogP contribution in [0.15, 0.2) is 24.7 Å². The van der Waals surface area contributed by atoms with Gasteiger partial charge in [0.15, 0.2) is 11.5 Å². The summed E-state index contributed by atoms with van der Waals surface area (Å²) in [5.74, 6) is 1.35. The van der Waals surface area contributed by atoms with Gasteiger partial charge in [0.05, 0.1) is 43.9 Å². The van der Waals surface area contributed by atoms with Crippen LogP contribution in [-0.4, -0.2) is 44.7 Å². The molecule has 3 aromatic rings. The number of hydrogen-bond donors (Lipinski definition) is 2. The van der Waals surface area contributed by atoms with E-state index in [9.17, 15) is 14.4 Å². The normalized spacial score (nSPS) is 20.6. The molecule has 4 rings (SSSR count). The van der Waals surface area contributed by atoms with E-state index in [4.69, 9.17) is 9.47 Å². The highest BCUT2D eigenvalue weighted by Crippen LogP contribution is 2.44. The molecule has 8 nitrogen and oxygen atoms in total. The van der Waals surface area contributed by atoms with Crippen LogP contribution in [-0.2, 0) is 4.57 Å². The van der Waals surface area contributed by atoms with Gasteiger partial charge in [-0.2, -0.15) is 0 Å². The zero-order chi connectivity index (χ0) is 19.9. The Balaban J connectivity index is 1.70. The average molecular weight is 405 g/mol. The Bertz CT molecular complexity index is 1050. The van der Waals surface area contributed by atoms with E-state index in [0.717, 1.165) is 47.6 Å². The summed E-state index contributed by atoms with van der Waals surface area (Å²) in [5, 5.41) is 0.949. The number of nitrogens with zero attached hydrogens (tertiary/aromatic N) is 3. The van der Waals surface area contributed by atoms with Gasteiger partial charge in [-0.3, -0.25) is 9.55 Å². The van der Waals surface area contributed by atoms with Gasteiger partial charge < -0.3 is 23.8 Å². The van der Waals surface area contributed by atoms with E-state index in [1.807, 2.05) is 18.5 Å². The Morgan fingerprint density at radius 3 is 2.39 bits per heavy atom. The molecule has 2 aromatic heterocycles. The molecule has 2 heterocycles. The molecule has 150 valence electrons. The molecule has 0 saturated heterocycles. The minimum atomic E-state index is -3.96. The van der Waals surface area contributed by atoms with Crippen molar-refractivity contribution in [2.45, 2.75) is 31.7 Å². The number of pyridine rings is 1. The van der Waals surface area contributed by atoms with Crippen LogP contribution in [0.1, 0.15) is 31.7 Å². The lowest BCUT2D eigenvalue weighted by Gasteiger charge is -2.30. The Labute approximate surface area is 162 Å². The minimum Gasteiger partial charge on any atom is -0.493 e. The Morgan fingerprint density at radius 2 is 1.75 bits per heavy atom. The van der Waals surface area contributed by atoms with Gasteiger partial charge >= 0.3 is 7.60 Å². The number of benzene rings is 1. The summed E-state index contributed by atoms with van der Waals surface area (Å²) in [6.45, 7) is 0. The van der Waals surface area contributed by atoms with Gasteiger partial charge in [-0.15, -0.1) is 0 Å². The zero-order valence-corrected chi connectivity index (χ0v) is 16.8. The summed E-state index contributed by atoms with van der Waals surface area (Å²) < 4.78 is 24.3. The van der Waals surface area contributed by atoms with Crippen LogP contribution in [0.25, 0.3) is 21.9 Å². The number of aromatic nitrogens is 3. The lowest BCUT2D eigenvalue weighted by Crippen LogP contribution is -2.20. The largest absolute Gasteiger partial charge is 0.493 e. The summed E-state index contributed by atoms with van der Waals surface area (Å²) in [6.07, 6.45) is 6.93. The maximum atomic E-state index is 11.3. The van der Waals surface area contributed by atoms with E-state index < -0.39 is 7.60 Å². The number of ether oxygens (including phenoxy) is 2. The van der Waals surface area contributed by atoms with Crippen molar-refractivity contribution in [1.82, 2.24) is 14.5 Å². The standard InChI is InChI=1S/C19H24N3O5P/c1-26-17-7-14-15(8-18(17)27-2)20-9-16-19(14)22(11-21-16)13-5-3-12(4-6-13)10-28(23,24)25/h7-9,11-13H,3-6,10H2,1-2H3,(H2,23,24,25). The van der Waals surface area contributed by atoms with Crippen molar-refractivity contribution in [2.24, 2.45) is 5.92 Å². The summed E-state index contributed by atoms with van der Waals surface area (Å²) in [7, 11) is -0.748. The van der Waals surface area contributed by atoms with Gasteiger partial charge in [-0.05, 0) is 37.7 Å². The van der Waals surface area contributed by atoms with Gasteiger partial charge in [-0.1, -0.05) is 0 Å². The first kappa shape index (κ1) is 19.2. The van der Waals surface area contributed by atoms with E-state index in [-0.39, 0.29) is 18.1 Å². The molecule has 0 atom stereocenters. The second kappa shape index (κ2) is 7.35. The van der Waals surface area contributed by atoms with E-state index in [2.05, 4.69) is 14.5 Å². The van der Waals surface area contributed by atoms with Crippen LogP contribution < -0.4 is 9.47 Å².